The average molecular weight is 265 g/mol. The molecular weight excluding hydrogens is 246 g/mol. The van der Waals surface area contributed by atoms with Crippen molar-refractivity contribution in [3.63, 3.8) is 0 Å². The van der Waals surface area contributed by atoms with E-state index in [-0.39, 0.29) is 6.04 Å². The molecule has 0 aromatic carbocycles. The van der Waals surface area contributed by atoms with Crippen LogP contribution in [-0.2, 0) is 11.8 Å². The van der Waals surface area contributed by atoms with E-state index in [9.17, 15) is 5.11 Å². The highest BCUT2D eigenvalue weighted by Gasteiger charge is 2.21. The molecule has 0 saturated carbocycles. The van der Waals surface area contributed by atoms with Crippen molar-refractivity contribution in [1.82, 2.24) is 14.9 Å². The molecule has 0 aliphatic carbocycles. The zero-order valence-corrected chi connectivity index (χ0v) is 11.1. The van der Waals surface area contributed by atoms with Gasteiger partial charge in [0, 0.05) is 33.1 Å². The van der Waals surface area contributed by atoms with Gasteiger partial charge in [-0.05, 0) is 12.1 Å². The number of ether oxygens (including phenoxy) is 1. The molecular formula is C13H19N3O3. The third-order valence-electron chi connectivity index (χ3n) is 2.86. The molecule has 2 aromatic rings. The number of hydrogen-bond donors (Lipinski definition) is 2. The Morgan fingerprint density at radius 3 is 3.00 bits per heavy atom. The highest BCUT2D eigenvalue weighted by Crippen LogP contribution is 2.20. The maximum absolute atomic E-state index is 9.72. The predicted octanol–water partition coefficient (Wildman–Crippen LogP) is 0.699. The molecule has 2 atom stereocenters. The van der Waals surface area contributed by atoms with Crippen LogP contribution in [0.5, 0.6) is 0 Å². The second kappa shape index (κ2) is 6.51. The SMILES string of the molecule is COCC(O)CNC(c1ccco1)c1nccn1C. The van der Waals surface area contributed by atoms with Crippen molar-refractivity contribution in [2.24, 2.45) is 7.05 Å². The fourth-order valence-electron chi connectivity index (χ4n) is 1.94. The van der Waals surface area contributed by atoms with Crippen LogP contribution >= 0.6 is 0 Å². The van der Waals surface area contributed by atoms with Crippen molar-refractivity contribution >= 4 is 0 Å². The number of aliphatic hydroxyl groups is 1. The molecule has 2 aromatic heterocycles. The van der Waals surface area contributed by atoms with Crippen molar-refractivity contribution in [1.29, 1.82) is 0 Å². The Kier molecular flexibility index (Phi) is 4.73. The summed E-state index contributed by atoms with van der Waals surface area (Å²) in [6.07, 6.45) is 4.66. The van der Waals surface area contributed by atoms with Gasteiger partial charge in [0.25, 0.3) is 0 Å². The first-order valence-electron chi connectivity index (χ1n) is 6.13. The van der Waals surface area contributed by atoms with Crippen LogP contribution in [0.2, 0.25) is 0 Å². The van der Waals surface area contributed by atoms with Gasteiger partial charge in [0.2, 0.25) is 0 Å². The first-order valence-corrected chi connectivity index (χ1v) is 6.13. The molecule has 2 rings (SSSR count). The number of nitrogens with one attached hydrogen (secondary N) is 1. The number of hydrogen-bond acceptors (Lipinski definition) is 5. The maximum Gasteiger partial charge on any atom is 0.133 e. The summed E-state index contributed by atoms with van der Waals surface area (Å²) >= 11 is 0. The lowest BCUT2D eigenvalue weighted by Crippen LogP contribution is -2.34. The molecule has 19 heavy (non-hydrogen) atoms. The van der Waals surface area contributed by atoms with Crippen LogP contribution in [0.3, 0.4) is 0 Å². The van der Waals surface area contributed by atoms with E-state index in [1.165, 1.54) is 0 Å². The summed E-state index contributed by atoms with van der Waals surface area (Å²) in [5.74, 6) is 1.60. The number of nitrogens with zero attached hydrogens (tertiary/aromatic N) is 2. The summed E-state index contributed by atoms with van der Waals surface area (Å²) in [6, 6.07) is 3.52. The van der Waals surface area contributed by atoms with E-state index in [0.717, 1.165) is 11.6 Å². The largest absolute Gasteiger partial charge is 0.467 e. The first-order chi connectivity index (χ1) is 9.22. The molecule has 0 saturated heterocycles. The number of methoxy groups -OCH3 is 1. The maximum atomic E-state index is 9.72. The van der Waals surface area contributed by atoms with Crippen LogP contribution in [-0.4, -0.2) is 41.0 Å². The lowest BCUT2D eigenvalue weighted by atomic mass is 10.2. The summed E-state index contributed by atoms with van der Waals surface area (Å²) in [7, 11) is 3.48. The van der Waals surface area contributed by atoms with Gasteiger partial charge in [-0.1, -0.05) is 0 Å². The molecule has 0 amide bonds. The van der Waals surface area contributed by atoms with Crippen molar-refractivity contribution in [3.8, 4) is 0 Å². The van der Waals surface area contributed by atoms with E-state index in [4.69, 9.17) is 9.15 Å². The van der Waals surface area contributed by atoms with Gasteiger partial charge in [0.1, 0.15) is 17.6 Å². The van der Waals surface area contributed by atoms with Gasteiger partial charge in [-0.3, -0.25) is 5.32 Å². The van der Waals surface area contributed by atoms with Crippen molar-refractivity contribution in [2.45, 2.75) is 12.1 Å². The average Bonchev–Trinajstić information content (AvgIpc) is 3.03. The molecule has 0 aliphatic rings. The molecule has 2 unspecified atom stereocenters. The van der Waals surface area contributed by atoms with E-state index in [1.807, 2.05) is 29.9 Å². The summed E-state index contributed by atoms with van der Waals surface area (Å²) in [5.41, 5.74) is 0. The summed E-state index contributed by atoms with van der Waals surface area (Å²) in [4.78, 5) is 4.32. The minimum Gasteiger partial charge on any atom is -0.467 e. The Balaban J connectivity index is 2.10. The molecule has 104 valence electrons. The summed E-state index contributed by atoms with van der Waals surface area (Å²) < 4.78 is 12.3. The molecule has 0 fully saturated rings. The van der Waals surface area contributed by atoms with Gasteiger partial charge >= 0.3 is 0 Å². The summed E-state index contributed by atoms with van der Waals surface area (Å²) in [6.45, 7) is 0.685. The minimum absolute atomic E-state index is 0.193. The van der Waals surface area contributed by atoms with Crippen LogP contribution in [0.4, 0.5) is 0 Å². The monoisotopic (exact) mass is 265 g/mol. The van der Waals surface area contributed by atoms with Crippen LogP contribution in [0.1, 0.15) is 17.6 Å². The quantitative estimate of drug-likeness (QED) is 0.771. The Bertz CT molecular complexity index is 481. The van der Waals surface area contributed by atoms with Gasteiger partial charge in [-0.2, -0.15) is 0 Å². The van der Waals surface area contributed by atoms with Gasteiger partial charge in [-0.25, -0.2) is 4.98 Å². The zero-order valence-electron chi connectivity index (χ0n) is 11.1. The highest BCUT2D eigenvalue weighted by atomic mass is 16.5. The number of imidazole rings is 1. The van der Waals surface area contributed by atoms with Gasteiger partial charge < -0.3 is 18.8 Å². The molecule has 0 radical (unpaired) electrons. The van der Waals surface area contributed by atoms with Crippen molar-refractivity contribution < 1.29 is 14.3 Å². The number of aromatic nitrogens is 2. The Hall–Kier alpha value is -1.63. The standard InChI is InChI=1S/C13H19N3O3/c1-16-6-5-14-13(16)12(11-4-3-7-19-11)15-8-10(17)9-18-2/h3-7,10,12,15,17H,8-9H2,1-2H3. The zero-order chi connectivity index (χ0) is 13.7. The topological polar surface area (TPSA) is 72.5 Å². The number of aryl methyl sites for hydroxylation is 1. The van der Waals surface area contributed by atoms with E-state index in [1.54, 1.807) is 19.6 Å². The molecule has 6 nitrogen and oxygen atoms in total. The number of rotatable bonds is 7. The highest BCUT2D eigenvalue weighted by molar-refractivity contribution is 5.15. The van der Waals surface area contributed by atoms with Gasteiger partial charge in [-0.15, -0.1) is 0 Å². The normalized spacial score (nSPS) is 14.5. The van der Waals surface area contributed by atoms with Crippen molar-refractivity contribution in [2.75, 3.05) is 20.3 Å². The van der Waals surface area contributed by atoms with E-state index in [2.05, 4.69) is 10.3 Å². The van der Waals surface area contributed by atoms with Crippen LogP contribution < -0.4 is 5.32 Å². The minimum atomic E-state index is -0.567. The molecule has 0 bridgehead atoms. The Morgan fingerprint density at radius 1 is 1.58 bits per heavy atom. The van der Waals surface area contributed by atoms with Crippen LogP contribution in [0, 0.1) is 0 Å². The van der Waals surface area contributed by atoms with Crippen LogP contribution in [0.25, 0.3) is 0 Å². The fourth-order valence-corrected chi connectivity index (χ4v) is 1.94. The fraction of sp³-hybridized carbons (Fsp3) is 0.462. The Labute approximate surface area is 112 Å². The van der Waals surface area contributed by atoms with Crippen molar-refractivity contribution in [3.05, 3.63) is 42.4 Å². The van der Waals surface area contributed by atoms with E-state index in [0.29, 0.717) is 13.2 Å². The lowest BCUT2D eigenvalue weighted by molar-refractivity contribution is 0.0628. The predicted molar refractivity (Wildman–Crippen MR) is 69.6 cm³/mol. The van der Waals surface area contributed by atoms with Crippen LogP contribution in [0.15, 0.2) is 35.2 Å². The second-order valence-electron chi connectivity index (χ2n) is 4.36. The smallest absolute Gasteiger partial charge is 0.133 e. The first kappa shape index (κ1) is 13.8. The summed E-state index contributed by atoms with van der Waals surface area (Å²) in [5, 5.41) is 13.0. The second-order valence-corrected chi connectivity index (χ2v) is 4.36. The molecule has 2 heterocycles. The molecule has 6 heteroatoms. The van der Waals surface area contributed by atoms with E-state index >= 15 is 0 Å². The molecule has 0 spiro atoms. The van der Waals surface area contributed by atoms with Gasteiger partial charge in [0.05, 0.1) is 19.0 Å². The molecule has 0 aliphatic heterocycles. The number of aliphatic hydroxyl groups excluding tert-OH is 1. The Morgan fingerprint density at radius 2 is 2.42 bits per heavy atom. The third-order valence-corrected chi connectivity index (χ3v) is 2.86. The lowest BCUT2D eigenvalue weighted by Gasteiger charge is -2.18. The molecule has 2 N–H and O–H groups in total. The van der Waals surface area contributed by atoms with Gasteiger partial charge in [0.15, 0.2) is 0 Å². The number of furan rings is 1. The van der Waals surface area contributed by atoms with E-state index < -0.39 is 6.10 Å². The third kappa shape index (κ3) is 3.44.